The van der Waals surface area contributed by atoms with Crippen molar-refractivity contribution in [2.24, 2.45) is 0 Å². The molecule has 0 heterocycles. The molecule has 4 heteroatoms. The van der Waals surface area contributed by atoms with Gasteiger partial charge in [-0.3, -0.25) is 0 Å². The Balaban J connectivity index is 0. The van der Waals surface area contributed by atoms with E-state index in [-0.39, 0.29) is 114 Å². The van der Waals surface area contributed by atoms with Crippen molar-refractivity contribution in [3.63, 3.8) is 0 Å². The van der Waals surface area contributed by atoms with Crippen LogP contribution in [0.4, 0.5) is 0 Å². The third-order valence-electron chi connectivity index (χ3n) is 0. The van der Waals surface area contributed by atoms with Gasteiger partial charge in [0.15, 0.2) is 0 Å². The first-order valence-corrected chi connectivity index (χ1v) is 0. The second-order valence-corrected chi connectivity index (χ2v) is 0. The van der Waals surface area contributed by atoms with Gasteiger partial charge in [0.1, 0.15) is 0 Å². The maximum absolute atomic E-state index is 0. The van der Waals surface area contributed by atoms with E-state index >= 15 is 0 Å². The van der Waals surface area contributed by atoms with E-state index in [4.69, 9.17) is 0 Å². The Labute approximate surface area is 111 Å². The summed E-state index contributed by atoms with van der Waals surface area (Å²) in [5.41, 5.74) is 0. The zero-order valence-electron chi connectivity index (χ0n) is 1.49. The van der Waals surface area contributed by atoms with Crippen LogP contribution in [0.15, 0.2) is 0 Å². The molecule has 0 amide bonds. The summed E-state index contributed by atoms with van der Waals surface area (Å²) >= 11 is 0. The molecular formula is Cl2EuGd+4. The quantitative estimate of drug-likeness (QED) is 0.393. The van der Waals surface area contributed by atoms with E-state index in [1.165, 1.54) is 0 Å². The monoisotopic (exact) mass is 381 g/mol. The van der Waals surface area contributed by atoms with Gasteiger partial charge in [0, 0.05) is 0 Å². The van der Waals surface area contributed by atoms with Crippen LogP contribution in [0.1, 0.15) is 0 Å². The maximum Gasteiger partial charge on any atom is 3.00 e. The van der Waals surface area contributed by atoms with Gasteiger partial charge in [0.25, 0.3) is 0 Å². The molecule has 0 spiro atoms. The van der Waals surface area contributed by atoms with Crippen molar-refractivity contribution in [2.45, 2.75) is 0 Å². The first-order valence-electron chi connectivity index (χ1n) is 0. The second-order valence-electron chi connectivity index (χ2n) is 0. The molecule has 0 aromatic heterocycles. The molecule has 0 unspecified atom stereocenters. The Morgan fingerprint density at radius 1 is 0.750 bits per heavy atom. The van der Waals surface area contributed by atoms with Gasteiger partial charge < -0.3 is 24.8 Å². The normalized spacial score (nSPS) is 0. The zero-order valence-corrected chi connectivity index (χ0v) is 7.69. The summed E-state index contributed by atoms with van der Waals surface area (Å²) in [4.78, 5) is 0. The van der Waals surface area contributed by atoms with E-state index in [0.717, 1.165) is 0 Å². The van der Waals surface area contributed by atoms with Gasteiger partial charge in [-0.1, -0.05) is 0 Å². The molecule has 0 aliphatic carbocycles. The van der Waals surface area contributed by atoms with Crippen LogP contribution >= 0.6 is 0 Å². The summed E-state index contributed by atoms with van der Waals surface area (Å²) in [7, 11) is 0. The molecule has 0 saturated heterocycles. The average molecular weight is 380 g/mol. The summed E-state index contributed by atoms with van der Waals surface area (Å²) in [6.07, 6.45) is 0. The molecule has 0 atom stereocenters. The summed E-state index contributed by atoms with van der Waals surface area (Å²) in [5.74, 6) is 0. The Morgan fingerprint density at radius 3 is 0.750 bits per heavy atom. The van der Waals surface area contributed by atoms with Crippen molar-refractivity contribution in [1.29, 1.82) is 0 Å². The van der Waals surface area contributed by atoms with Crippen LogP contribution in [0.25, 0.3) is 0 Å². The predicted octanol–water partition coefficient (Wildman–Crippen LogP) is -5.99. The molecule has 0 saturated carbocycles. The summed E-state index contributed by atoms with van der Waals surface area (Å²) in [6.45, 7) is 0. The fourth-order valence-electron chi connectivity index (χ4n) is 0. The first kappa shape index (κ1) is 25.9. The van der Waals surface area contributed by atoms with Crippen molar-refractivity contribution < 1.29 is 114 Å². The van der Waals surface area contributed by atoms with Gasteiger partial charge in [-0.05, 0) is 0 Å². The third kappa shape index (κ3) is 9.09. The molecule has 1 radical (unpaired) electrons. The zero-order chi connectivity index (χ0) is 0. The third-order valence-corrected chi connectivity index (χ3v) is 0. The van der Waals surface area contributed by atoms with E-state index in [1.807, 2.05) is 0 Å². The van der Waals surface area contributed by atoms with Crippen molar-refractivity contribution in [3.8, 4) is 0 Å². The SMILES string of the molecule is [Cl-].[Cl-].[Eu+3].[Gd+3]. The molecule has 0 bridgehead atoms. The van der Waals surface area contributed by atoms with E-state index in [9.17, 15) is 0 Å². The molecule has 4 heavy (non-hydrogen) atoms. The number of hydrogen-bond acceptors (Lipinski definition) is 0. The Hall–Kier alpha value is 3.49. The van der Waals surface area contributed by atoms with Crippen LogP contribution < -0.4 is 24.8 Å². The molecule has 0 aliphatic rings. The van der Waals surface area contributed by atoms with Crippen molar-refractivity contribution in [1.82, 2.24) is 0 Å². The van der Waals surface area contributed by atoms with E-state index in [2.05, 4.69) is 0 Å². The van der Waals surface area contributed by atoms with E-state index in [1.54, 1.807) is 0 Å². The smallest absolute Gasteiger partial charge is 1.00 e. The summed E-state index contributed by atoms with van der Waals surface area (Å²) in [6, 6.07) is 0. The fraction of sp³-hybridized carbons (Fsp3) is 0. The topological polar surface area (TPSA) is 0 Å². The largest absolute Gasteiger partial charge is 3.00 e. The molecule has 0 aliphatic heterocycles. The first-order chi connectivity index (χ1) is 0. The fourth-order valence-corrected chi connectivity index (χ4v) is 0. The Bertz CT molecular complexity index is 6.00. The Kier molecular flexibility index (Phi) is 104. The summed E-state index contributed by atoms with van der Waals surface area (Å²) in [5, 5.41) is 0. The molecule has 0 N–H and O–H groups in total. The molecule has 25 valence electrons. The molecular weight excluding hydrogens is 380 g/mol. The van der Waals surface area contributed by atoms with Gasteiger partial charge >= 0.3 is 89.3 Å². The van der Waals surface area contributed by atoms with Gasteiger partial charge in [-0.15, -0.1) is 0 Å². The van der Waals surface area contributed by atoms with Crippen LogP contribution in [0.5, 0.6) is 0 Å². The van der Waals surface area contributed by atoms with E-state index < -0.39 is 0 Å². The minimum atomic E-state index is 0. The van der Waals surface area contributed by atoms with Gasteiger partial charge in [0.2, 0.25) is 0 Å². The number of hydrogen-bond donors (Lipinski definition) is 0. The van der Waals surface area contributed by atoms with Crippen LogP contribution in [-0.2, 0) is 0 Å². The number of rotatable bonds is 0. The average Bonchev–Trinajstić information content (AvgIpc) is 0. The van der Waals surface area contributed by atoms with Gasteiger partial charge in [-0.2, -0.15) is 0 Å². The second kappa shape index (κ2) is 16.1. The van der Waals surface area contributed by atoms with Crippen molar-refractivity contribution in [3.05, 3.63) is 0 Å². The molecule has 0 aromatic rings. The van der Waals surface area contributed by atoms with Crippen LogP contribution in [0.3, 0.4) is 0 Å². The number of halogens is 2. The minimum Gasteiger partial charge on any atom is -1.00 e. The van der Waals surface area contributed by atoms with E-state index in [0.29, 0.717) is 0 Å². The molecule has 0 aromatic carbocycles. The minimum absolute atomic E-state index is 0. The van der Waals surface area contributed by atoms with Crippen molar-refractivity contribution in [2.75, 3.05) is 0 Å². The van der Waals surface area contributed by atoms with Gasteiger partial charge in [0.05, 0.1) is 0 Å². The van der Waals surface area contributed by atoms with Crippen LogP contribution in [0, 0.1) is 89.3 Å². The van der Waals surface area contributed by atoms with Gasteiger partial charge in [-0.25, -0.2) is 0 Å². The van der Waals surface area contributed by atoms with Crippen LogP contribution in [0.2, 0.25) is 0 Å². The summed E-state index contributed by atoms with van der Waals surface area (Å²) < 4.78 is 0. The maximum atomic E-state index is 0. The standard InChI is InChI=1S/2ClH.Eu.Gd/h2*1H;;/q;;2*+3/p-2. The van der Waals surface area contributed by atoms with Crippen LogP contribution in [-0.4, -0.2) is 0 Å². The Morgan fingerprint density at radius 2 is 0.750 bits per heavy atom. The molecule has 0 rings (SSSR count). The predicted molar refractivity (Wildman–Crippen MR) is 0 cm³/mol. The molecule has 0 nitrogen and oxygen atoms in total. The van der Waals surface area contributed by atoms with Crippen molar-refractivity contribution >= 4 is 0 Å². The molecule has 0 fully saturated rings.